The van der Waals surface area contributed by atoms with Gasteiger partial charge in [0.2, 0.25) is 0 Å². The van der Waals surface area contributed by atoms with Crippen LogP contribution in [0.5, 0.6) is 0 Å². The number of nitrogens with one attached hydrogen (secondary N) is 1. The lowest BCUT2D eigenvalue weighted by Gasteiger charge is -2.43. The Hall–Kier alpha value is -0.340. The zero-order valence-electron chi connectivity index (χ0n) is 11.1. The van der Waals surface area contributed by atoms with Crippen molar-refractivity contribution in [3.05, 3.63) is 22.4 Å². The van der Waals surface area contributed by atoms with E-state index in [-0.39, 0.29) is 0 Å². The average molecular weight is 249 g/mol. The number of hydrogen-bond acceptors (Lipinski definition) is 2. The number of hydrogen-bond donors (Lipinski definition) is 1. The minimum absolute atomic E-state index is 0.475. The molecule has 3 rings (SSSR count). The van der Waals surface area contributed by atoms with E-state index in [9.17, 15) is 0 Å². The van der Waals surface area contributed by atoms with Gasteiger partial charge in [0.25, 0.3) is 0 Å². The second-order valence-corrected chi connectivity index (χ2v) is 7.64. The summed E-state index contributed by atoms with van der Waals surface area (Å²) >= 11 is 1.80. The van der Waals surface area contributed by atoms with Crippen molar-refractivity contribution in [1.82, 2.24) is 5.32 Å². The fourth-order valence-electron chi connectivity index (χ4n) is 4.42. The fourth-order valence-corrected chi connectivity index (χ4v) is 5.09. The number of thiophene rings is 1. The molecule has 2 bridgehead atoms. The van der Waals surface area contributed by atoms with Crippen LogP contribution in [0.2, 0.25) is 0 Å². The maximum absolute atomic E-state index is 3.85. The van der Waals surface area contributed by atoms with Crippen molar-refractivity contribution in [2.24, 2.45) is 16.7 Å². The molecule has 2 heteroatoms. The summed E-state index contributed by atoms with van der Waals surface area (Å²) in [4.78, 5) is 0. The molecule has 1 nitrogen and oxygen atoms in total. The van der Waals surface area contributed by atoms with Gasteiger partial charge in [-0.1, -0.05) is 20.8 Å². The first kappa shape index (κ1) is 11.7. The third-order valence-electron chi connectivity index (χ3n) is 5.36. The number of rotatable bonds is 3. The molecule has 2 saturated carbocycles. The Balaban J connectivity index is 1.74. The van der Waals surface area contributed by atoms with E-state index in [4.69, 9.17) is 0 Å². The molecule has 0 radical (unpaired) electrons. The second-order valence-electron chi connectivity index (χ2n) is 6.86. The predicted molar refractivity (Wildman–Crippen MR) is 74.2 cm³/mol. The van der Waals surface area contributed by atoms with E-state index in [2.05, 4.69) is 42.9 Å². The third-order valence-corrected chi connectivity index (χ3v) is 6.09. The summed E-state index contributed by atoms with van der Waals surface area (Å²) in [5.74, 6) is 0.937. The lowest BCUT2D eigenvalue weighted by Crippen LogP contribution is -2.49. The fraction of sp³-hybridized carbons (Fsp3) is 0.733. The molecule has 0 spiro atoms. The van der Waals surface area contributed by atoms with Crippen LogP contribution in [0, 0.1) is 16.7 Å². The first-order chi connectivity index (χ1) is 8.02. The lowest BCUT2D eigenvalue weighted by molar-refractivity contribution is 0.108. The Morgan fingerprint density at radius 1 is 1.41 bits per heavy atom. The Bertz CT molecular complexity index is 390. The Labute approximate surface area is 109 Å². The van der Waals surface area contributed by atoms with Gasteiger partial charge < -0.3 is 5.32 Å². The van der Waals surface area contributed by atoms with E-state index in [1.807, 2.05) is 0 Å². The van der Waals surface area contributed by atoms with Crippen LogP contribution in [0.3, 0.4) is 0 Å². The minimum Gasteiger partial charge on any atom is -0.309 e. The average Bonchev–Trinajstić information content (AvgIpc) is 2.90. The second kappa shape index (κ2) is 3.83. The summed E-state index contributed by atoms with van der Waals surface area (Å²) in [6.07, 6.45) is 4.30. The van der Waals surface area contributed by atoms with Gasteiger partial charge in [-0.2, -0.15) is 11.3 Å². The summed E-state index contributed by atoms with van der Waals surface area (Å²) in [7, 11) is 0. The molecule has 0 amide bonds. The highest BCUT2D eigenvalue weighted by atomic mass is 32.1. The van der Waals surface area contributed by atoms with E-state index >= 15 is 0 Å². The summed E-state index contributed by atoms with van der Waals surface area (Å²) < 4.78 is 0. The van der Waals surface area contributed by atoms with Crippen molar-refractivity contribution >= 4 is 11.3 Å². The summed E-state index contributed by atoms with van der Waals surface area (Å²) in [6, 6.07) is 2.92. The van der Waals surface area contributed by atoms with E-state index in [0.717, 1.165) is 12.5 Å². The molecular formula is C15H23NS. The molecule has 1 aromatic rings. The van der Waals surface area contributed by atoms with Crippen LogP contribution < -0.4 is 5.32 Å². The molecule has 2 fully saturated rings. The van der Waals surface area contributed by atoms with E-state index in [1.54, 1.807) is 11.3 Å². The van der Waals surface area contributed by atoms with Crippen molar-refractivity contribution in [3.63, 3.8) is 0 Å². The highest BCUT2D eigenvalue weighted by Gasteiger charge is 2.58. The van der Waals surface area contributed by atoms with Gasteiger partial charge in [-0.05, 0) is 58.4 Å². The van der Waals surface area contributed by atoms with Gasteiger partial charge in [0.15, 0.2) is 0 Å². The molecule has 3 atom stereocenters. The standard InChI is InChI=1S/C15H23NS/c1-14(2)12-4-6-15(3,8-12)13(14)16-9-11-5-7-17-10-11/h5,7,10,12-13,16H,4,6,8-9H2,1-3H3. The van der Waals surface area contributed by atoms with Crippen molar-refractivity contribution < 1.29 is 0 Å². The molecule has 94 valence electrons. The van der Waals surface area contributed by atoms with Gasteiger partial charge in [0.1, 0.15) is 0 Å². The predicted octanol–water partition coefficient (Wildman–Crippen LogP) is 4.05. The first-order valence-corrected chi connectivity index (χ1v) is 7.71. The van der Waals surface area contributed by atoms with E-state index in [1.165, 1.54) is 24.8 Å². The van der Waals surface area contributed by atoms with Gasteiger partial charge >= 0.3 is 0 Å². The zero-order chi connectivity index (χ0) is 12.1. The van der Waals surface area contributed by atoms with E-state index in [0.29, 0.717) is 16.9 Å². The molecule has 0 aliphatic heterocycles. The molecule has 2 aliphatic carbocycles. The monoisotopic (exact) mass is 249 g/mol. The highest BCUT2D eigenvalue weighted by molar-refractivity contribution is 7.07. The van der Waals surface area contributed by atoms with Crippen molar-refractivity contribution in [2.45, 2.75) is 52.6 Å². The van der Waals surface area contributed by atoms with Crippen LogP contribution in [0.4, 0.5) is 0 Å². The van der Waals surface area contributed by atoms with Crippen LogP contribution in [0.15, 0.2) is 16.8 Å². The van der Waals surface area contributed by atoms with Gasteiger partial charge in [-0.15, -0.1) is 0 Å². The maximum Gasteiger partial charge on any atom is 0.0216 e. The lowest BCUT2D eigenvalue weighted by atomic mass is 9.68. The maximum atomic E-state index is 3.85. The van der Waals surface area contributed by atoms with Gasteiger partial charge in [0, 0.05) is 12.6 Å². The van der Waals surface area contributed by atoms with Crippen molar-refractivity contribution in [3.8, 4) is 0 Å². The molecule has 1 aromatic heterocycles. The molecule has 0 saturated heterocycles. The van der Waals surface area contributed by atoms with Gasteiger partial charge in [0.05, 0.1) is 0 Å². The largest absolute Gasteiger partial charge is 0.309 e. The molecular weight excluding hydrogens is 226 g/mol. The van der Waals surface area contributed by atoms with Gasteiger partial charge in [-0.3, -0.25) is 0 Å². The smallest absolute Gasteiger partial charge is 0.0216 e. The van der Waals surface area contributed by atoms with Crippen molar-refractivity contribution in [2.75, 3.05) is 0 Å². The normalized spacial score (nSPS) is 38.8. The first-order valence-electron chi connectivity index (χ1n) is 6.77. The molecule has 1 N–H and O–H groups in total. The van der Waals surface area contributed by atoms with Gasteiger partial charge in [-0.25, -0.2) is 0 Å². The molecule has 0 aromatic carbocycles. The quantitative estimate of drug-likeness (QED) is 0.852. The molecule has 1 heterocycles. The highest BCUT2D eigenvalue weighted by Crippen LogP contribution is 2.62. The van der Waals surface area contributed by atoms with Crippen LogP contribution >= 0.6 is 11.3 Å². The molecule has 17 heavy (non-hydrogen) atoms. The molecule has 2 aliphatic rings. The zero-order valence-corrected chi connectivity index (χ0v) is 11.9. The Morgan fingerprint density at radius 2 is 2.24 bits per heavy atom. The van der Waals surface area contributed by atoms with Crippen molar-refractivity contribution in [1.29, 1.82) is 0 Å². The Morgan fingerprint density at radius 3 is 2.82 bits per heavy atom. The number of fused-ring (bicyclic) bond motifs is 2. The summed E-state index contributed by atoms with van der Waals surface area (Å²) in [6.45, 7) is 8.47. The third kappa shape index (κ3) is 1.77. The van der Waals surface area contributed by atoms with Crippen LogP contribution in [0.1, 0.15) is 45.6 Å². The summed E-state index contributed by atoms with van der Waals surface area (Å²) in [5.41, 5.74) is 2.46. The minimum atomic E-state index is 0.475. The Kier molecular flexibility index (Phi) is 2.64. The van der Waals surface area contributed by atoms with Crippen LogP contribution in [0.25, 0.3) is 0 Å². The van der Waals surface area contributed by atoms with Crippen LogP contribution in [-0.4, -0.2) is 6.04 Å². The molecule has 3 unspecified atom stereocenters. The summed E-state index contributed by atoms with van der Waals surface area (Å²) in [5, 5.41) is 8.28. The van der Waals surface area contributed by atoms with E-state index < -0.39 is 0 Å². The topological polar surface area (TPSA) is 12.0 Å². The van der Waals surface area contributed by atoms with Crippen LogP contribution in [-0.2, 0) is 6.54 Å². The SMILES string of the molecule is CC12CCC(C1)C(C)(C)C2NCc1ccsc1.